The number of piperidine rings is 1. The third kappa shape index (κ3) is 3.16. The van der Waals surface area contributed by atoms with Crippen LogP contribution >= 0.6 is 0 Å². The summed E-state index contributed by atoms with van der Waals surface area (Å²) in [4.78, 5) is 19.4. The summed E-state index contributed by atoms with van der Waals surface area (Å²) in [7, 11) is 0. The van der Waals surface area contributed by atoms with Crippen molar-refractivity contribution in [3.05, 3.63) is 24.7 Å². The number of pyridine rings is 1. The first-order chi connectivity index (χ1) is 15.0. The van der Waals surface area contributed by atoms with Gasteiger partial charge in [0.05, 0.1) is 35.8 Å². The van der Waals surface area contributed by atoms with Gasteiger partial charge in [-0.05, 0) is 38.2 Å². The number of aromatic amines is 1. The fourth-order valence-corrected chi connectivity index (χ4v) is 4.77. The van der Waals surface area contributed by atoms with Crippen molar-refractivity contribution in [2.45, 2.75) is 56.5 Å². The zero-order valence-corrected chi connectivity index (χ0v) is 16.9. The van der Waals surface area contributed by atoms with Crippen LogP contribution in [0.5, 0.6) is 0 Å². The third-order valence-corrected chi connectivity index (χ3v) is 6.93. The van der Waals surface area contributed by atoms with Gasteiger partial charge in [-0.15, -0.1) is 0 Å². The minimum absolute atomic E-state index is 0.0424. The molecule has 3 aliphatic rings. The van der Waals surface area contributed by atoms with Crippen molar-refractivity contribution in [1.29, 1.82) is 0 Å². The van der Waals surface area contributed by atoms with Gasteiger partial charge in [0.25, 0.3) is 5.92 Å². The molecule has 8 nitrogen and oxygen atoms in total. The average molecular weight is 427 g/mol. The highest BCUT2D eigenvalue weighted by atomic mass is 19.3. The third-order valence-electron chi connectivity index (χ3n) is 6.93. The van der Waals surface area contributed by atoms with Gasteiger partial charge in [0.15, 0.2) is 0 Å². The van der Waals surface area contributed by atoms with E-state index in [-0.39, 0.29) is 24.5 Å². The summed E-state index contributed by atoms with van der Waals surface area (Å²) in [6, 6.07) is 1.69. The number of hydrogen-bond acceptors (Lipinski definition) is 4. The first-order valence-electron chi connectivity index (χ1n) is 10.8. The Bertz CT molecular complexity index is 1170. The molecule has 1 aliphatic heterocycles. The van der Waals surface area contributed by atoms with Crippen molar-refractivity contribution in [1.82, 2.24) is 29.9 Å². The normalized spacial score (nSPS) is 23.3. The molecule has 1 atom stereocenters. The monoisotopic (exact) mass is 427 g/mol. The van der Waals surface area contributed by atoms with E-state index >= 15 is 0 Å². The van der Waals surface area contributed by atoms with E-state index in [1.807, 2.05) is 4.90 Å². The number of halogens is 2. The number of carbonyl (C=O) groups excluding carboxylic acids is 1. The number of fused-ring (bicyclic) bond motifs is 1. The van der Waals surface area contributed by atoms with Gasteiger partial charge in [0, 0.05) is 36.0 Å². The van der Waals surface area contributed by atoms with Crippen molar-refractivity contribution in [3.63, 3.8) is 0 Å². The molecule has 2 amide bonds. The number of hydrogen-bond donors (Lipinski definition) is 2. The maximum absolute atomic E-state index is 13.4. The molecule has 6 rings (SSSR count). The number of carbonyl (C=O) groups is 1. The van der Waals surface area contributed by atoms with E-state index in [0.717, 1.165) is 43.1 Å². The van der Waals surface area contributed by atoms with Crippen molar-refractivity contribution in [2.24, 2.45) is 5.92 Å². The SMILES string of the molecule is O=C(Nc1cn[nH]c1-c1cc2c(cn1)cnn2C[C@@H]1CC1(F)F)N1CCCCC12CC2. The second-order valence-electron chi connectivity index (χ2n) is 9.04. The predicted molar refractivity (Wildman–Crippen MR) is 110 cm³/mol. The molecule has 1 saturated heterocycles. The molecule has 0 radical (unpaired) electrons. The highest BCUT2D eigenvalue weighted by molar-refractivity contribution is 5.94. The van der Waals surface area contributed by atoms with Crippen LogP contribution in [0.25, 0.3) is 22.3 Å². The van der Waals surface area contributed by atoms with Crippen LogP contribution in [0.4, 0.5) is 19.3 Å². The fourth-order valence-electron chi connectivity index (χ4n) is 4.77. The van der Waals surface area contributed by atoms with Gasteiger partial charge in [0.2, 0.25) is 0 Å². The largest absolute Gasteiger partial charge is 0.322 e. The van der Waals surface area contributed by atoms with E-state index in [0.29, 0.717) is 17.1 Å². The standard InChI is InChI=1S/C21H23F2N7O/c22-21(23)8-14(21)12-30-17-7-15(24-9-13(17)10-26-30)18-16(11-25-28-18)27-19(31)29-6-2-1-3-20(29)4-5-20/h7,9-11,14H,1-6,8,12H2,(H,25,28)(H,27,31)/t14-/m0/s1. The minimum atomic E-state index is -2.59. The molecule has 4 heterocycles. The first kappa shape index (κ1) is 18.7. The number of anilines is 1. The van der Waals surface area contributed by atoms with E-state index in [1.165, 1.54) is 6.42 Å². The Labute approximate surface area is 177 Å². The zero-order valence-electron chi connectivity index (χ0n) is 16.9. The number of likely N-dealkylation sites (tertiary alicyclic amines) is 1. The lowest BCUT2D eigenvalue weighted by Crippen LogP contribution is -2.47. The van der Waals surface area contributed by atoms with Gasteiger partial charge in [-0.1, -0.05) is 0 Å². The second-order valence-corrected chi connectivity index (χ2v) is 9.04. The number of rotatable bonds is 4. The number of alkyl halides is 2. The van der Waals surface area contributed by atoms with Gasteiger partial charge in [-0.25, -0.2) is 13.6 Å². The number of urea groups is 1. The zero-order chi connectivity index (χ0) is 21.2. The van der Waals surface area contributed by atoms with Crippen LogP contribution in [-0.2, 0) is 6.54 Å². The fraction of sp³-hybridized carbons (Fsp3) is 0.524. The summed E-state index contributed by atoms with van der Waals surface area (Å²) in [5.74, 6) is -3.27. The highest BCUT2D eigenvalue weighted by Gasteiger charge is 2.57. The molecule has 0 unspecified atom stereocenters. The molecule has 2 aliphatic carbocycles. The summed E-state index contributed by atoms with van der Waals surface area (Å²) < 4.78 is 28.3. The summed E-state index contributed by atoms with van der Waals surface area (Å²) >= 11 is 0. The van der Waals surface area contributed by atoms with Crippen molar-refractivity contribution < 1.29 is 13.6 Å². The Morgan fingerprint density at radius 3 is 2.84 bits per heavy atom. The van der Waals surface area contributed by atoms with Gasteiger partial charge >= 0.3 is 6.03 Å². The van der Waals surface area contributed by atoms with E-state index in [1.54, 1.807) is 29.3 Å². The summed E-state index contributed by atoms with van der Waals surface area (Å²) in [5.41, 5.74) is 2.48. The highest BCUT2D eigenvalue weighted by Crippen LogP contribution is 2.50. The van der Waals surface area contributed by atoms with Gasteiger partial charge in [-0.2, -0.15) is 10.2 Å². The van der Waals surface area contributed by atoms with E-state index in [9.17, 15) is 13.6 Å². The topological polar surface area (TPSA) is 91.7 Å². The number of H-pyrrole nitrogens is 1. The molecule has 0 aromatic carbocycles. The van der Waals surface area contributed by atoms with E-state index in [2.05, 4.69) is 25.6 Å². The van der Waals surface area contributed by atoms with Crippen LogP contribution in [0.3, 0.4) is 0 Å². The lowest BCUT2D eigenvalue weighted by Gasteiger charge is -2.36. The Hall–Kier alpha value is -3.04. The maximum Gasteiger partial charge on any atom is 0.322 e. The van der Waals surface area contributed by atoms with Crippen molar-refractivity contribution >= 4 is 22.6 Å². The van der Waals surface area contributed by atoms with E-state index in [4.69, 9.17) is 0 Å². The smallest absolute Gasteiger partial charge is 0.319 e. The minimum Gasteiger partial charge on any atom is -0.319 e. The number of amides is 2. The van der Waals surface area contributed by atoms with Crippen LogP contribution in [-0.4, -0.2) is 53.9 Å². The molecule has 31 heavy (non-hydrogen) atoms. The molecule has 3 fully saturated rings. The molecule has 3 aromatic heterocycles. The van der Waals surface area contributed by atoms with Gasteiger partial charge < -0.3 is 10.2 Å². The Morgan fingerprint density at radius 2 is 2.06 bits per heavy atom. The van der Waals surface area contributed by atoms with Crippen molar-refractivity contribution in [3.8, 4) is 11.4 Å². The molecule has 2 saturated carbocycles. The molecular formula is C21H23F2N7O. The molecule has 2 N–H and O–H groups in total. The maximum atomic E-state index is 13.4. The van der Waals surface area contributed by atoms with Crippen molar-refractivity contribution in [2.75, 3.05) is 11.9 Å². The van der Waals surface area contributed by atoms with Crippen LogP contribution in [0.15, 0.2) is 24.7 Å². The molecule has 0 bridgehead atoms. The van der Waals surface area contributed by atoms with Crippen LogP contribution in [0.2, 0.25) is 0 Å². The lowest BCUT2D eigenvalue weighted by atomic mass is 10.0. The molecule has 10 heteroatoms. The van der Waals surface area contributed by atoms with Crippen LogP contribution in [0, 0.1) is 5.92 Å². The predicted octanol–water partition coefficient (Wildman–Crippen LogP) is 4.03. The molecule has 1 spiro atoms. The number of aromatic nitrogens is 5. The summed E-state index contributed by atoms with van der Waals surface area (Å²) in [6.07, 6.45) is 10.2. The Balaban J connectivity index is 1.26. The van der Waals surface area contributed by atoms with E-state index < -0.39 is 11.8 Å². The first-order valence-corrected chi connectivity index (χ1v) is 10.8. The molecule has 162 valence electrons. The van der Waals surface area contributed by atoms with Crippen LogP contribution in [0.1, 0.15) is 38.5 Å². The quantitative estimate of drug-likeness (QED) is 0.658. The molecule has 3 aromatic rings. The average Bonchev–Trinajstić information content (AvgIpc) is 3.48. The number of nitrogens with zero attached hydrogens (tertiary/aromatic N) is 5. The summed E-state index contributed by atoms with van der Waals surface area (Å²) in [5, 5.41) is 15.0. The second kappa shape index (κ2) is 6.48. The number of nitrogens with one attached hydrogen (secondary N) is 2. The van der Waals surface area contributed by atoms with Gasteiger partial charge in [0.1, 0.15) is 5.69 Å². The lowest BCUT2D eigenvalue weighted by molar-refractivity contribution is 0.0945. The van der Waals surface area contributed by atoms with Crippen LogP contribution < -0.4 is 5.32 Å². The summed E-state index contributed by atoms with van der Waals surface area (Å²) in [6.45, 7) is 0.942. The Morgan fingerprint density at radius 1 is 1.23 bits per heavy atom. The Kier molecular flexibility index (Phi) is 3.91. The van der Waals surface area contributed by atoms with Gasteiger partial charge in [-0.3, -0.25) is 14.8 Å². The molecular weight excluding hydrogens is 404 g/mol.